The molecule has 1 saturated heterocycles. The Morgan fingerprint density at radius 1 is 1.03 bits per heavy atom. The van der Waals surface area contributed by atoms with Crippen molar-refractivity contribution >= 4 is 21.9 Å². The number of hydrogen-bond donors (Lipinski definition) is 1. The number of nitrogens with one attached hydrogen (secondary N) is 1. The highest BCUT2D eigenvalue weighted by Crippen LogP contribution is 2.24. The van der Waals surface area contributed by atoms with Gasteiger partial charge < -0.3 is 9.64 Å². The predicted molar refractivity (Wildman–Crippen MR) is 117 cm³/mol. The van der Waals surface area contributed by atoms with Crippen molar-refractivity contribution in [3.63, 3.8) is 0 Å². The second-order valence-electron chi connectivity index (χ2n) is 7.41. The first-order valence-corrected chi connectivity index (χ1v) is 11.9. The Labute approximate surface area is 187 Å². The summed E-state index contributed by atoms with van der Waals surface area (Å²) < 4.78 is 32.4. The molecule has 8 nitrogen and oxygen atoms in total. The maximum atomic E-state index is 13.1. The van der Waals surface area contributed by atoms with Gasteiger partial charge in [0.1, 0.15) is 0 Å². The van der Waals surface area contributed by atoms with E-state index in [1.807, 2.05) is 12.1 Å². The zero-order valence-corrected chi connectivity index (χ0v) is 18.4. The number of likely N-dealkylation sites (tertiary alicyclic amines) is 1. The summed E-state index contributed by atoms with van der Waals surface area (Å²) in [6.07, 6.45) is 1.88. The second-order valence-corrected chi connectivity index (χ2v) is 9.18. The molecule has 1 fully saturated rings. The molecule has 1 heterocycles. The van der Waals surface area contributed by atoms with E-state index in [-0.39, 0.29) is 29.3 Å². The molecule has 32 heavy (non-hydrogen) atoms. The highest BCUT2D eigenvalue weighted by atomic mass is 32.2. The number of esters is 1. The quantitative estimate of drug-likeness (QED) is 0.483. The highest BCUT2D eigenvalue weighted by molar-refractivity contribution is 7.89. The van der Waals surface area contributed by atoms with Gasteiger partial charge in [-0.15, -0.1) is 0 Å². The van der Waals surface area contributed by atoms with Gasteiger partial charge in [-0.1, -0.05) is 30.3 Å². The molecule has 9 heteroatoms. The van der Waals surface area contributed by atoms with Crippen LogP contribution in [0.3, 0.4) is 0 Å². The molecule has 2 aromatic carbocycles. The molecular formula is C23H25N3O5S. The smallest absolute Gasteiger partial charge is 0.339 e. The Morgan fingerprint density at radius 3 is 2.31 bits per heavy atom. The molecule has 2 aromatic rings. The molecule has 3 rings (SSSR count). The molecule has 1 aliphatic rings. The van der Waals surface area contributed by atoms with Crippen molar-refractivity contribution < 1.29 is 22.7 Å². The molecule has 1 unspecified atom stereocenters. The number of rotatable bonds is 8. The van der Waals surface area contributed by atoms with E-state index < -0.39 is 22.1 Å². The van der Waals surface area contributed by atoms with Crippen LogP contribution in [0.15, 0.2) is 59.5 Å². The van der Waals surface area contributed by atoms with Crippen molar-refractivity contribution in [1.29, 1.82) is 5.26 Å². The molecule has 0 radical (unpaired) electrons. The van der Waals surface area contributed by atoms with Gasteiger partial charge in [-0.2, -0.15) is 5.26 Å². The summed E-state index contributed by atoms with van der Waals surface area (Å²) in [4.78, 5) is 27.6. The number of nitrogens with zero attached hydrogens (tertiary/aromatic N) is 2. The minimum Gasteiger partial charge on any atom is -0.444 e. The minimum absolute atomic E-state index is 0.00000631. The number of nitriles is 1. The second kappa shape index (κ2) is 10.9. The van der Waals surface area contributed by atoms with Crippen molar-refractivity contribution in [3.8, 4) is 6.07 Å². The summed E-state index contributed by atoms with van der Waals surface area (Å²) in [6.45, 7) is 1.26. The third-order valence-electron chi connectivity index (χ3n) is 5.15. The molecule has 0 bridgehead atoms. The van der Waals surface area contributed by atoms with Gasteiger partial charge in [0.25, 0.3) is 5.91 Å². The van der Waals surface area contributed by atoms with Gasteiger partial charge in [-0.3, -0.25) is 4.79 Å². The number of carbonyl (C=O) groups is 2. The first-order chi connectivity index (χ1) is 15.4. The van der Waals surface area contributed by atoms with E-state index in [1.165, 1.54) is 24.3 Å². The van der Waals surface area contributed by atoms with Crippen LogP contribution in [0.25, 0.3) is 0 Å². The lowest BCUT2D eigenvalue weighted by molar-refractivity contribution is -0.142. The third kappa shape index (κ3) is 5.93. The topological polar surface area (TPSA) is 117 Å². The molecule has 0 spiro atoms. The Bertz CT molecular complexity index is 1070. The number of ether oxygens (including phenoxy) is 1. The van der Waals surface area contributed by atoms with Gasteiger partial charge in [0.15, 0.2) is 0 Å². The van der Waals surface area contributed by atoms with E-state index in [4.69, 9.17) is 10.00 Å². The predicted octanol–water partition coefficient (Wildman–Crippen LogP) is 2.79. The number of piperidine rings is 1. The maximum absolute atomic E-state index is 13.1. The summed E-state index contributed by atoms with van der Waals surface area (Å²) in [6, 6.07) is 16.0. The van der Waals surface area contributed by atoms with Crippen LogP contribution in [0.2, 0.25) is 0 Å². The largest absolute Gasteiger partial charge is 0.444 e. The van der Waals surface area contributed by atoms with Crippen LogP contribution in [0.5, 0.6) is 0 Å². The summed E-state index contributed by atoms with van der Waals surface area (Å²) in [5.74, 6) is -0.976. The lowest BCUT2D eigenvalue weighted by atomic mass is 10.1. The SMILES string of the molecule is N#CCCNS(=O)(=O)c1ccc(C(=O)OC(C(=O)N2CCCCC2)c2ccccc2)cc1. The van der Waals surface area contributed by atoms with Crippen LogP contribution in [-0.4, -0.2) is 44.8 Å². The number of benzene rings is 2. The molecule has 0 aromatic heterocycles. The highest BCUT2D eigenvalue weighted by Gasteiger charge is 2.30. The van der Waals surface area contributed by atoms with E-state index in [2.05, 4.69) is 4.72 Å². The van der Waals surface area contributed by atoms with Crippen LogP contribution >= 0.6 is 0 Å². The van der Waals surface area contributed by atoms with Gasteiger partial charge >= 0.3 is 5.97 Å². The molecular weight excluding hydrogens is 430 g/mol. The molecule has 1 N–H and O–H groups in total. The van der Waals surface area contributed by atoms with Gasteiger partial charge in [0.05, 0.1) is 16.5 Å². The Balaban J connectivity index is 1.76. The van der Waals surface area contributed by atoms with Crippen molar-refractivity contribution in [2.45, 2.75) is 36.7 Å². The first kappa shape index (κ1) is 23.4. The summed E-state index contributed by atoms with van der Waals surface area (Å²) >= 11 is 0. The fraction of sp³-hybridized carbons (Fsp3) is 0.348. The van der Waals surface area contributed by atoms with Crippen LogP contribution in [0.1, 0.15) is 47.7 Å². The molecule has 0 saturated carbocycles. The van der Waals surface area contributed by atoms with Gasteiger partial charge in [-0.25, -0.2) is 17.9 Å². The van der Waals surface area contributed by atoms with Gasteiger partial charge in [0, 0.05) is 31.6 Å². The average molecular weight is 456 g/mol. The van der Waals surface area contributed by atoms with E-state index in [0.717, 1.165) is 19.3 Å². The van der Waals surface area contributed by atoms with Crippen molar-refractivity contribution in [1.82, 2.24) is 9.62 Å². The van der Waals surface area contributed by atoms with Crippen LogP contribution in [0.4, 0.5) is 0 Å². The average Bonchev–Trinajstić information content (AvgIpc) is 2.83. The van der Waals surface area contributed by atoms with Gasteiger partial charge in [0.2, 0.25) is 16.1 Å². The first-order valence-electron chi connectivity index (χ1n) is 10.4. The lowest BCUT2D eigenvalue weighted by Gasteiger charge is -2.30. The third-order valence-corrected chi connectivity index (χ3v) is 6.63. The zero-order chi connectivity index (χ0) is 23.0. The van der Waals surface area contributed by atoms with E-state index >= 15 is 0 Å². The molecule has 1 amide bonds. The van der Waals surface area contributed by atoms with Gasteiger partial charge in [-0.05, 0) is 43.5 Å². The standard InChI is InChI=1S/C23H25N3O5S/c24-14-7-15-25-32(29,30)20-12-10-19(11-13-20)23(28)31-21(18-8-3-1-4-9-18)22(27)26-16-5-2-6-17-26/h1,3-4,8-13,21,25H,2,5-7,15-17H2. The molecule has 1 atom stereocenters. The zero-order valence-electron chi connectivity index (χ0n) is 17.6. The maximum Gasteiger partial charge on any atom is 0.339 e. The lowest BCUT2D eigenvalue weighted by Crippen LogP contribution is -2.40. The fourth-order valence-corrected chi connectivity index (χ4v) is 4.47. The normalized spacial score (nSPS) is 14.9. The molecule has 1 aliphatic heterocycles. The summed E-state index contributed by atoms with van der Waals surface area (Å²) in [7, 11) is -3.78. The Hall–Kier alpha value is -3.22. The Kier molecular flexibility index (Phi) is 7.98. The number of sulfonamides is 1. The molecule has 0 aliphatic carbocycles. The summed E-state index contributed by atoms with van der Waals surface area (Å²) in [5, 5.41) is 8.54. The number of hydrogen-bond acceptors (Lipinski definition) is 6. The van der Waals surface area contributed by atoms with Crippen LogP contribution < -0.4 is 4.72 Å². The minimum atomic E-state index is -3.78. The van der Waals surface area contributed by atoms with E-state index in [1.54, 1.807) is 29.2 Å². The number of carbonyl (C=O) groups excluding carboxylic acids is 2. The van der Waals surface area contributed by atoms with E-state index in [0.29, 0.717) is 18.7 Å². The molecule has 168 valence electrons. The van der Waals surface area contributed by atoms with Crippen LogP contribution in [0, 0.1) is 11.3 Å². The van der Waals surface area contributed by atoms with E-state index in [9.17, 15) is 18.0 Å². The fourth-order valence-electron chi connectivity index (χ4n) is 3.44. The monoisotopic (exact) mass is 455 g/mol. The van der Waals surface area contributed by atoms with Crippen molar-refractivity contribution in [2.24, 2.45) is 0 Å². The summed E-state index contributed by atoms with van der Waals surface area (Å²) in [5.41, 5.74) is 0.714. The van der Waals surface area contributed by atoms with Crippen molar-refractivity contribution in [2.75, 3.05) is 19.6 Å². The Morgan fingerprint density at radius 2 is 1.69 bits per heavy atom. The number of amides is 1. The van der Waals surface area contributed by atoms with Crippen LogP contribution in [-0.2, 0) is 19.6 Å². The van der Waals surface area contributed by atoms with Crippen molar-refractivity contribution in [3.05, 3.63) is 65.7 Å².